The molecular weight excluding hydrogens is 362 g/mol. The zero-order chi connectivity index (χ0) is 19.8. The van der Waals surface area contributed by atoms with Crippen molar-refractivity contribution in [3.05, 3.63) is 59.7 Å². The molecule has 1 saturated carbocycles. The Morgan fingerprint density at radius 3 is 2.21 bits per heavy atom. The number of likely N-dealkylation sites (tertiary alicyclic amines) is 1. The number of likely N-dealkylation sites (N-methyl/N-ethyl adjacent to an activating group) is 1. The van der Waals surface area contributed by atoms with E-state index in [4.69, 9.17) is 9.47 Å². The SMILES string of the molecule is C[N+]1(C2CCCCC2)CCC(OC(=O)C2c3ccccc3Oc3ccccc32)C1. The van der Waals surface area contributed by atoms with Crippen LogP contribution in [0.3, 0.4) is 0 Å². The van der Waals surface area contributed by atoms with Gasteiger partial charge >= 0.3 is 5.97 Å². The van der Waals surface area contributed by atoms with Crippen LogP contribution in [0.2, 0.25) is 0 Å². The monoisotopic (exact) mass is 392 g/mol. The van der Waals surface area contributed by atoms with Crippen molar-refractivity contribution in [3.63, 3.8) is 0 Å². The van der Waals surface area contributed by atoms with Gasteiger partial charge in [0.05, 0.1) is 19.6 Å². The van der Waals surface area contributed by atoms with Gasteiger partial charge in [-0.15, -0.1) is 0 Å². The second-order valence-electron chi connectivity index (χ2n) is 9.14. The second-order valence-corrected chi connectivity index (χ2v) is 9.14. The highest BCUT2D eigenvalue weighted by atomic mass is 16.5. The van der Waals surface area contributed by atoms with Crippen molar-refractivity contribution >= 4 is 5.97 Å². The number of hydrogen-bond donors (Lipinski definition) is 0. The molecule has 2 aliphatic heterocycles. The Morgan fingerprint density at radius 2 is 1.55 bits per heavy atom. The molecule has 2 fully saturated rings. The summed E-state index contributed by atoms with van der Waals surface area (Å²) in [6.45, 7) is 2.06. The van der Waals surface area contributed by atoms with Gasteiger partial charge in [0.25, 0.3) is 0 Å². The first-order valence-corrected chi connectivity index (χ1v) is 11.0. The molecule has 0 spiro atoms. The smallest absolute Gasteiger partial charge is 0.318 e. The lowest BCUT2D eigenvalue weighted by molar-refractivity contribution is -0.924. The Hall–Kier alpha value is -2.33. The van der Waals surface area contributed by atoms with E-state index >= 15 is 0 Å². The van der Waals surface area contributed by atoms with Crippen molar-refractivity contribution in [2.75, 3.05) is 20.1 Å². The van der Waals surface area contributed by atoms with E-state index in [1.165, 1.54) is 32.1 Å². The van der Waals surface area contributed by atoms with Crippen LogP contribution < -0.4 is 4.74 Å². The number of carbonyl (C=O) groups is 1. The molecule has 29 heavy (non-hydrogen) atoms. The largest absolute Gasteiger partial charge is 0.457 e. The van der Waals surface area contributed by atoms with Gasteiger partial charge in [0.15, 0.2) is 6.10 Å². The predicted molar refractivity (Wildman–Crippen MR) is 112 cm³/mol. The van der Waals surface area contributed by atoms with Crippen LogP contribution in [0.1, 0.15) is 55.6 Å². The van der Waals surface area contributed by atoms with Crippen LogP contribution in [-0.4, -0.2) is 42.7 Å². The number of rotatable bonds is 3. The molecule has 1 aliphatic carbocycles. The zero-order valence-corrected chi connectivity index (χ0v) is 17.2. The second kappa shape index (κ2) is 7.49. The first-order valence-electron chi connectivity index (χ1n) is 11.0. The maximum Gasteiger partial charge on any atom is 0.318 e. The number of quaternary nitrogens is 1. The van der Waals surface area contributed by atoms with E-state index < -0.39 is 5.92 Å². The molecule has 1 saturated heterocycles. The third-order valence-corrected chi connectivity index (χ3v) is 7.24. The van der Waals surface area contributed by atoms with Gasteiger partial charge in [-0.1, -0.05) is 42.8 Å². The fourth-order valence-corrected chi connectivity index (χ4v) is 5.62. The summed E-state index contributed by atoms with van der Waals surface area (Å²) in [5.41, 5.74) is 1.80. The van der Waals surface area contributed by atoms with E-state index in [2.05, 4.69) is 7.05 Å². The van der Waals surface area contributed by atoms with Crippen LogP contribution in [0, 0.1) is 0 Å². The number of benzene rings is 2. The number of ether oxygens (including phenoxy) is 2. The van der Waals surface area contributed by atoms with E-state index in [0.29, 0.717) is 0 Å². The lowest BCUT2D eigenvalue weighted by Gasteiger charge is -2.40. The number of nitrogens with zero attached hydrogens (tertiary/aromatic N) is 1. The topological polar surface area (TPSA) is 35.5 Å². The molecular formula is C25H30NO3+. The quantitative estimate of drug-likeness (QED) is 0.544. The van der Waals surface area contributed by atoms with Crippen molar-refractivity contribution in [2.45, 2.75) is 56.6 Å². The van der Waals surface area contributed by atoms with Crippen LogP contribution in [0.15, 0.2) is 48.5 Å². The van der Waals surface area contributed by atoms with Gasteiger partial charge in [0, 0.05) is 17.5 Å². The molecule has 2 atom stereocenters. The molecule has 2 unspecified atom stereocenters. The van der Waals surface area contributed by atoms with Gasteiger partial charge in [-0.3, -0.25) is 4.79 Å². The number of carbonyl (C=O) groups excluding carboxylic acids is 1. The number of hydrogen-bond acceptors (Lipinski definition) is 3. The normalized spacial score (nSPS) is 27.0. The van der Waals surface area contributed by atoms with Crippen LogP contribution in [0.25, 0.3) is 0 Å². The first kappa shape index (κ1) is 18.7. The molecule has 2 heterocycles. The molecule has 0 amide bonds. The molecule has 5 rings (SSSR count). The molecule has 152 valence electrons. The average Bonchev–Trinajstić information content (AvgIpc) is 3.14. The van der Waals surface area contributed by atoms with Crippen molar-refractivity contribution in [1.29, 1.82) is 0 Å². The van der Waals surface area contributed by atoms with Crippen molar-refractivity contribution in [3.8, 4) is 11.5 Å². The standard InChI is InChI=1S/C25H30NO3/c1-26(18-9-3-2-4-10-18)16-15-19(17-26)28-25(27)24-20-11-5-7-13-22(20)29-23-14-8-6-12-21(23)24/h5-8,11-14,18-19,24H,2-4,9-10,15-17H2,1H3/q+1. The van der Waals surface area contributed by atoms with Gasteiger partial charge in [-0.05, 0) is 37.8 Å². The fraction of sp³-hybridized carbons (Fsp3) is 0.480. The third kappa shape index (κ3) is 3.44. The van der Waals surface area contributed by atoms with E-state index in [-0.39, 0.29) is 12.1 Å². The average molecular weight is 393 g/mol. The van der Waals surface area contributed by atoms with E-state index in [1.54, 1.807) is 0 Å². The molecule has 3 aliphatic rings. The summed E-state index contributed by atoms with van der Waals surface area (Å²) in [4.78, 5) is 13.4. The third-order valence-electron chi connectivity index (χ3n) is 7.24. The Kier molecular flexibility index (Phi) is 4.83. The molecule has 4 nitrogen and oxygen atoms in total. The molecule has 2 aromatic rings. The first-order chi connectivity index (χ1) is 14.1. The highest BCUT2D eigenvalue weighted by molar-refractivity contribution is 5.85. The van der Waals surface area contributed by atoms with Gasteiger partial charge in [0.1, 0.15) is 24.0 Å². The fourth-order valence-electron chi connectivity index (χ4n) is 5.62. The lowest BCUT2D eigenvalue weighted by atomic mass is 9.88. The van der Waals surface area contributed by atoms with Gasteiger partial charge in [0.2, 0.25) is 0 Å². The summed E-state index contributed by atoms with van der Waals surface area (Å²) in [5.74, 6) is 0.949. The summed E-state index contributed by atoms with van der Waals surface area (Å²) in [5, 5.41) is 0. The van der Waals surface area contributed by atoms with Crippen LogP contribution in [-0.2, 0) is 9.53 Å². The number of para-hydroxylation sites is 2. The van der Waals surface area contributed by atoms with E-state index in [0.717, 1.165) is 52.7 Å². The number of esters is 1. The minimum Gasteiger partial charge on any atom is -0.457 e. The van der Waals surface area contributed by atoms with Crippen LogP contribution >= 0.6 is 0 Å². The number of fused-ring (bicyclic) bond motifs is 2. The summed E-state index contributed by atoms with van der Waals surface area (Å²) in [6.07, 6.45) is 7.67. The van der Waals surface area contributed by atoms with Gasteiger partial charge in [-0.2, -0.15) is 0 Å². The Bertz CT molecular complexity index is 859. The Balaban J connectivity index is 1.35. The molecule has 4 heteroatoms. The summed E-state index contributed by atoms with van der Waals surface area (Å²) in [6, 6.07) is 16.4. The molecule has 0 bridgehead atoms. The minimum atomic E-state index is -0.412. The van der Waals surface area contributed by atoms with Crippen LogP contribution in [0.4, 0.5) is 0 Å². The molecule has 0 radical (unpaired) electrons. The van der Waals surface area contributed by atoms with Crippen LogP contribution in [0.5, 0.6) is 11.5 Å². The van der Waals surface area contributed by atoms with Gasteiger partial charge < -0.3 is 14.0 Å². The van der Waals surface area contributed by atoms with Gasteiger partial charge in [-0.25, -0.2) is 0 Å². The van der Waals surface area contributed by atoms with E-state index in [9.17, 15) is 4.79 Å². The van der Waals surface area contributed by atoms with E-state index in [1.807, 2.05) is 48.5 Å². The summed E-state index contributed by atoms with van der Waals surface area (Å²) in [7, 11) is 2.36. The maximum absolute atomic E-state index is 13.4. The zero-order valence-electron chi connectivity index (χ0n) is 17.2. The predicted octanol–water partition coefficient (Wildman–Crippen LogP) is 5.02. The molecule has 0 aromatic heterocycles. The Labute approximate surface area is 173 Å². The summed E-state index contributed by atoms with van der Waals surface area (Å²) < 4.78 is 13.2. The molecule has 2 aromatic carbocycles. The summed E-state index contributed by atoms with van der Waals surface area (Å²) >= 11 is 0. The lowest BCUT2D eigenvalue weighted by Crippen LogP contribution is -2.51. The highest BCUT2D eigenvalue weighted by Gasteiger charge is 2.44. The van der Waals surface area contributed by atoms with Crippen molar-refractivity contribution in [1.82, 2.24) is 0 Å². The maximum atomic E-state index is 13.4. The minimum absolute atomic E-state index is 0.0107. The molecule has 0 N–H and O–H groups in total. The van der Waals surface area contributed by atoms with Crippen molar-refractivity contribution in [2.24, 2.45) is 0 Å². The Morgan fingerprint density at radius 1 is 0.931 bits per heavy atom. The van der Waals surface area contributed by atoms with Crippen molar-refractivity contribution < 1.29 is 18.8 Å². The highest BCUT2D eigenvalue weighted by Crippen LogP contribution is 2.44.